The predicted octanol–water partition coefficient (Wildman–Crippen LogP) is 4.07. The number of halogens is 5. The molecule has 20 heavy (non-hydrogen) atoms. The number of rotatable bonds is 2. The fraction of sp³-hybridized carbons (Fsp3) is 0.143. The van der Waals surface area contributed by atoms with Crippen LogP contribution in [0.4, 0.5) is 22.0 Å². The van der Waals surface area contributed by atoms with Gasteiger partial charge in [0, 0.05) is 0 Å². The molecule has 1 atom stereocenters. The Morgan fingerprint density at radius 1 is 0.850 bits per heavy atom. The van der Waals surface area contributed by atoms with Gasteiger partial charge in [-0.25, -0.2) is 8.78 Å². The zero-order chi connectivity index (χ0) is 14.9. The topological polar surface area (TPSA) is 20.2 Å². The van der Waals surface area contributed by atoms with E-state index in [-0.39, 0.29) is 11.1 Å². The maximum Gasteiger partial charge on any atom is 0.419 e. The molecule has 0 aromatic heterocycles. The van der Waals surface area contributed by atoms with Gasteiger partial charge in [-0.15, -0.1) is 0 Å². The standard InChI is InChI=1S/C14H9F5O/c15-10-4-1-8(2-5-10)13(20)9-3-6-12(16)11(7-9)14(17,18)19/h1-7,13,20H. The van der Waals surface area contributed by atoms with Crippen LogP contribution < -0.4 is 0 Å². The number of alkyl halides is 3. The lowest BCUT2D eigenvalue weighted by molar-refractivity contribution is -0.140. The van der Waals surface area contributed by atoms with Crippen LogP contribution in [0.25, 0.3) is 0 Å². The third-order valence-corrected chi connectivity index (χ3v) is 2.80. The van der Waals surface area contributed by atoms with Gasteiger partial charge in [-0.2, -0.15) is 13.2 Å². The smallest absolute Gasteiger partial charge is 0.384 e. The number of hydrogen-bond acceptors (Lipinski definition) is 1. The number of hydrogen-bond donors (Lipinski definition) is 1. The molecular weight excluding hydrogens is 279 g/mol. The van der Waals surface area contributed by atoms with E-state index in [2.05, 4.69) is 0 Å². The summed E-state index contributed by atoms with van der Waals surface area (Å²) in [5.41, 5.74) is -1.35. The summed E-state index contributed by atoms with van der Waals surface area (Å²) >= 11 is 0. The van der Waals surface area contributed by atoms with Gasteiger partial charge in [0.1, 0.15) is 17.7 Å². The van der Waals surface area contributed by atoms with Crippen LogP contribution in [0.5, 0.6) is 0 Å². The molecule has 0 saturated carbocycles. The first kappa shape index (κ1) is 14.5. The molecule has 1 N–H and O–H groups in total. The Bertz CT molecular complexity index is 604. The summed E-state index contributed by atoms with van der Waals surface area (Å²) in [6.45, 7) is 0. The second-order valence-corrected chi connectivity index (χ2v) is 4.19. The van der Waals surface area contributed by atoms with E-state index in [1.165, 1.54) is 12.1 Å². The Hall–Kier alpha value is -1.95. The second-order valence-electron chi connectivity index (χ2n) is 4.19. The van der Waals surface area contributed by atoms with Crippen molar-refractivity contribution in [2.45, 2.75) is 12.3 Å². The van der Waals surface area contributed by atoms with Gasteiger partial charge < -0.3 is 5.11 Å². The van der Waals surface area contributed by atoms with Crippen molar-refractivity contribution < 1.29 is 27.1 Å². The lowest BCUT2D eigenvalue weighted by atomic mass is 9.99. The zero-order valence-electron chi connectivity index (χ0n) is 9.96. The number of benzene rings is 2. The largest absolute Gasteiger partial charge is 0.419 e. The Labute approximate surface area is 111 Å². The first-order chi connectivity index (χ1) is 9.29. The van der Waals surface area contributed by atoms with E-state index < -0.39 is 29.5 Å². The van der Waals surface area contributed by atoms with Crippen molar-refractivity contribution in [1.82, 2.24) is 0 Å². The molecule has 0 aliphatic heterocycles. The highest BCUT2D eigenvalue weighted by Crippen LogP contribution is 2.34. The lowest BCUT2D eigenvalue weighted by Crippen LogP contribution is -2.10. The third kappa shape index (κ3) is 2.96. The number of aliphatic hydroxyl groups is 1. The Morgan fingerprint density at radius 2 is 1.40 bits per heavy atom. The monoisotopic (exact) mass is 288 g/mol. The van der Waals surface area contributed by atoms with Gasteiger partial charge in [-0.1, -0.05) is 18.2 Å². The zero-order valence-corrected chi connectivity index (χ0v) is 9.96. The van der Waals surface area contributed by atoms with Crippen molar-refractivity contribution >= 4 is 0 Å². The van der Waals surface area contributed by atoms with Crippen molar-refractivity contribution in [2.24, 2.45) is 0 Å². The Morgan fingerprint density at radius 3 is 1.95 bits per heavy atom. The summed E-state index contributed by atoms with van der Waals surface area (Å²) < 4.78 is 63.6. The van der Waals surface area contributed by atoms with E-state index in [4.69, 9.17) is 0 Å². The van der Waals surface area contributed by atoms with E-state index in [0.29, 0.717) is 12.1 Å². The molecule has 2 rings (SSSR count). The highest BCUT2D eigenvalue weighted by Gasteiger charge is 2.34. The Balaban J connectivity index is 2.40. The van der Waals surface area contributed by atoms with E-state index in [0.717, 1.165) is 18.2 Å². The highest BCUT2D eigenvalue weighted by atomic mass is 19.4. The minimum Gasteiger partial charge on any atom is -0.384 e. The first-order valence-corrected chi connectivity index (χ1v) is 5.59. The SMILES string of the molecule is OC(c1ccc(F)cc1)c1ccc(F)c(C(F)(F)F)c1. The van der Waals surface area contributed by atoms with E-state index >= 15 is 0 Å². The van der Waals surface area contributed by atoms with E-state index in [1.54, 1.807) is 0 Å². The van der Waals surface area contributed by atoms with Crippen LogP contribution in [0.3, 0.4) is 0 Å². The molecule has 0 aliphatic carbocycles. The van der Waals surface area contributed by atoms with Crippen molar-refractivity contribution in [3.63, 3.8) is 0 Å². The van der Waals surface area contributed by atoms with Crippen LogP contribution in [-0.2, 0) is 6.18 Å². The summed E-state index contributed by atoms with van der Waals surface area (Å²) in [6.07, 6.45) is -6.24. The molecule has 0 fully saturated rings. The third-order valence-electron chi connectivity index (χ3n) is 2.80. The quantitative estimate of drug-likeness (QED) is 0.826. The minimum absolute atomic E-state index is 0.120. The molecule has 0 amide bonds. The van der Waals surface area contributed by atoms with Gasteiger partial charge in [0.15, 0.2) is 0 Å². The van der Waals surface area contributed by atoms with Crippen LogP contribution in [0, 0.1) is 11.6 Å². The predicted molar refractivity (Wildman–Crippen MR) is 61.9 cm³/mol. The molecular formula is C14H9F5O. The summed E-state index contributed by atoms with van der Waals surface area (Å²) in [4.78, 5) is 0. The highest BCUT2D eigenvalue weighted by molar-refractivity contribution is 5.34. The van der Waals surface area contributed by atoms with Crippen molar-refractivity contribution in [2.75, 3.05) is 0 Å². The molecule has 0 bridgehead atoms. The average molecular weight is 288 g/mol. The summed E-state index contributed by atoms with van der Waals surface area (Å²) in [5, 5.41) is 9.95. The Kier molecular flexibility index (Phi) is 3.76. The van der Waals surface area contributed by atoms with Crippen molar-refractivity contribution in [3.05, 3.63) is 70.8 Å². The molecule has 2 aromatic carbocycles. The fourth-order valence-corrected chi connectivity index (χ4v) is 1.77. The molecule has 1 nitrogen and oxygen atoms in total. The van der Waals surface area contributed by atoms with Crippen LogP contribution in [-0.4, -0.2) is 5.11 Å². The van der Waals surface area contributed by atoms with Crippen molar-refractivity contribution in [3.8, 4) is 0 Å². The summed E-state index contributed by atoms with van der Waals surface area (Å²) in [7, 11) is 0. The van der Waals surface area contributed by atoms with Gasteiger partial charge in [0.05, 0.1) is 5.56 Å². The molecule has 6 heteroatoms. The van der Waals surface area contributed by atoms with Gasteiger partial charge >= 0.3 is 6.18 Å². The molecule has 2 aromatic rings. The maximum absolute atomic E-state index is 13.1. The van der Waals surface area contributed by atoms with Crippen LogP contribution in [0.1, 0.15) is 22.8 Å². The normalized spacial score (nSPS) is 13.3. The van der Waals surface area contributed by atoms with Gasteiger partial charge in [0.2, 0.25) is 0 Å². The number of aliphatic hydroxyl groups excluding tert-OH is 1. The van der Waals surface area contributed by atoms with Crippen LogP contribution >= 0.6 is 0 Å². The van der Waals surface area contributed by atoms with Crippen LogP contribution in [0.15, 0.2) is 42.5 Å². The molecule has 0 aliphatic rings. The molecule has 0 heterocycles. The van der Waals surface area contributed by atoms with E-state index in [9.17, 15) is 27.1 Å². The second kappa shape index (κ2) is 5.20. The van der Waals surface area contributed by atoms with E-state index in [1.807, 2.05) is 0 Å². The molecule has 1 unspecified atom stereocenters. The van der Waals surface area contributed by atoms with Gasteiger partial charge in [-0.3, -0.25) is 0 Å². The van der Waals surface area contributed by atoms with Gasteiger partial charge in [-0.05, 0) is 35.4 Å². The summed E-state index contributed by atoms with van der Waals surface area (Å²) in [5.74, 6) is -1.94. The van der Waals surface area contributed by atoms with Crippen LogP contribution in [0.2, 0.25) is 0 Å². The maximum atomic E-state index is 13.1. The van der Waals surface area contributed by atoms with Gasteiger partial charge in [0.25, 0.3) is 0 Å². The average Bonchev–Trinajstić information content (AvgIpc) is 2.38. The lowest BCUT2D eigenvalue weighted by Gasteiger charge is -2.14. The van der Waals surface area contributed by atoms with Crippen molar-refractivity contribution in [1.29, 1.82) is 0 Å². The molecule has 0 radical (unpaired) electrons. The first-order valence-electron chi connectivity index (χ1n) is 5.59. The summed E-state index contributed by atoms with van der Waals surface area (Å²) in [6, 6.07) is 6.89. The fourth-order valence-electron chi connectivity index (χ4n) is 1.77. The minimum atomic E-state index is -4.84. The molecule has 106 valence electrons. The molecule has 0 saturated heterocycles. The molecule has 0 spiro atoms.